The standard InChI is InChI=1S/C21H17F3N4O5/c1-33-21(32)27-6-4-26(5-7-27)16-3-2-12-18(29)13(20(30)31)10-28(19(12)25-16)17-14(23)8-11(22)9-15(17)24/h2-3,8-10H,4-7H2,1H3,(H,30,31). The molecule has 0 radical (unpaired) electrons. The number of methoxy groups -OCH3 is 1. The predicted molar refractivity (Wildman–Crippen MR) is 110 cm³/mol. The van der Waals surface area contributed by atoms with Crippen LogP contribution >= 0.6 is 0 Å². The Morgan fingerprint density at radius 1 is 1.06 bits per heavy atom. The summed E-state index contributed by atoms with van der Waals surface area (Å²) in [6, 6.07) is 3.68. The number of hydrogen-bond donors (Lipinski definition) is 1. The van der Waals surface area contributed by atoms with E-state index in [0.29, 0.717) is 44.1 Å². The first-order valence-electron chi connectivity index (χ1n) is 9.73. The molecular formula is C21H17F3N4O5. The fourth-order valence-corrected chi connectivity index (χ4v) is 3.70. The van der Waals surface area contributed by atoms with Crippen LogP contribution in [0.15, 0.2) is 35.3 Å². The minimum atomic E-state index is -1.60. The zero-order valence-electron chi connectivity index (χ0n) is 17.2. The second-order valence-electron chi connectivity index (χ2n) is 7.25. The van der Waals surface area contributed by atoms with Gasteiger partial charge in [-0.25, -0.2) is 27.7 Å². The molecule has 1 amide bonds. The molecule has 1 saturated heterocycles. The van der Waals surface area contributed by atoms with Crippen molar-refractivity contribution in [2.75, 3.05) is 38.2 Å². The molecule has 1 N–H and O–H groups in total. The number of fused-ring (bicyclic) bond motifs is 1. The molecule has 3 heterocycles. The third-order valence-electron chi connectivity index (χ3n) is 5.33. The Bertz CT molecular complexity index is 1310. The second kappa shape index (κ2) is 8.45. The van der Waals surface area contributed by atoms with Crippen LogP contribution in [0.5, 0.6) is 0 Å². The lowest BCUT2D eigenvalue weighted by Gasteiger charge is -2.34. The fourth-order valence-electron chi connectivity index (χ4n) is 3.70. The van der Waals surface area contributed by atoms with Crippen molar-refractivity contribution in [1.82, 2.24) is 14.5 Å². The second-order valence-corrected chi connectivity index (χ2v) is 7.25. The number of carboxylic acids is 1. The molecule has 0 spiro atoms. The maximum absolute atomic E-state index is 14.6. The predicted octanol–water partition coefficient (Wildman–Crippen LogP) is 2.39. The number of aromatic nitrogens is 2. The van der Waals surface area contributed by atoms with Gasteiger partial charge in [0.05, 0.1) is 12.5 Å². The summed E-state index contributed by atoms with van der Waals surface area (Å²) in [4.78, 5) is 43.6. The summed E-state index contributed by atoms with van der Waals surface area (Å²) in [5.74, 6) is -5.01. The van der Waals surface area contributed by atoms with Crippen LogP contribution in [0.3, 0.4) is 0 Å². The first-order valence-corrected chi connectivity index (χ1v) is 9.73. The quantitative estimate of drug-likeness (QED) is 0.637. The van der Waals surface area contributed by atoms with Gasteiger partial charge in [-0.3, -0.25) is 9.36 Å². The van der Waals surface area contributed by atoms with Gasteiger partial charge in [0.15, 0.2) is 17.3 Å². The van der Waals surface area contributed by atoms with Crippen molar-refractivity contribution in [3.8, 4) is 5.69 Å². The number of nitrogens with zero attached hydrogens (tertiary/aromatic N) is 4. The van der Waals surface area contributed by atoms with Crippen molar-refractivity contribution in [2.24, 2.45) is 0 Å². The molecule has 0 saturated carbocycles. The monoisotopic (exact) mass is 462 g/mol. The van der Waals surface area contributed by atoms with E-state index in [9.17, 15) is 32.7 Å². The zero-order chi connectivity index (χ0) is 23.9. The van der Waals surface area contributed by atoms with Crippen molar-refractivity contribution in [3.63, 3.8) is 0 Å². The lowest BCUT2D eigenvalue weighted by Crippen LogP contribution is -2.49. The van der Waals surface area contributed by atoms with Crippen molar-refractivity contribution < 1.29 is 32.6 Å². The van der Waals surface area contributed by atoms with Gasteiger partial charge in [-0.2, -0.15) is 0 Å². The highest BCUT2D eigenvalue weighted by Crippen LogP contribution is 2.25. The van der Waals surface area contributed by atoms with E-state index in [4.69, 9.17) is 4.74 Å². The normalized spacial score (nSPS) is 13.9. The molecule has 1 aliphatic heterocycles. The Morgan fingerprint density at radius 3 is 2.27 bits per heavy atom. The highest BCUT2D eigenvalue weighted by molar-refractivity contribution is 5.92. The number of aromatic carboxylic acids is 1. The van der Waals surface area contributed by atoms with Gasteiger partial charge in [0, 0.05) is 44.5 Å². The van der Waals surface area contributed by atoms with Crippen LogP contribution in [-0.2, 0) is 4.74 Å². The minimum Gasteiger partial charge on any atom is -0.477 e. The third kappa shape index (κ3) is 3.95. The summed E-state index contributed by atoms with van der Waals surface area (Å²) < 4.78 is 48.0. The SMILES string of the molecule is COC(=O)N1CCN(c2ccc3c(=O)c(C(=O)O)cn(-c4c(F)cc(F)cc4F)c3n2)CC1. The maximum atomic E-state index is 14.6. The highest BCUT2D eigenvalue weighted by Gasteiger charge is 2.25. The maximum Gasteiger partial charge on any atom is 0.409 e. The third-order valence-corrected chi connectivity index (χ3v) is 5.33. The average molecular weight is 462 g/mol. The lowest BCUT2D eigenvalue weighted by atomic mass is 10.1. The molecule has 0 unspecified atom stereocenters. The summed E-state index contributed by atoms with van der Waals surface area (Å²) in [5.41, 5.74) is -2.59. The van der Waals surface area contributed by atoms with E-state index in [1.807, 2.05) is 0 Å². The Balaban J connectivity index is 1.87. The Hall–Kier alpha value is -4.09. The molecule has 3 aromatic rings. The minimum absolute atomic E-state index is 0.185. The number of pyridine rings is 2. The number of hydrogen-bond acceptors (Lipinski definition) is 6. The first kappa shape index (κ1) is 22.1. The van der Waals surface area contributed by atoms with E-state index >= 15 is 0 Å². The molecule has 4 rings (SSSR count). The van der Waals surface area contributed by atoms with E-state index in [2.05, 4.69) is 4.98 Å². The van der Waals surface area contributed by atoms with E-state index < -0.39 is 46.2 Å². The average Bonchev–Trinajstić information content (AvgIpc) is 2.79. The van der Waals surface area contributed by atoms with Crippen LogP contribution in [-0.4, -0.2) is 64.9 Å². The fraction of sp³-hybridized carbons (Fsp3) is 0.238. The number of carbonyl (C=O) groups is 2. The molecule has 33 heavy (non-hydrogen) atoms. The topological polar surface area (TPSA) is 105 Å². The van der Waals surface area contributed by atoms with E-state index in [1.54, 1.807) is 4.90 Å². The molecule has 12 heteroatoms. The molecule has 0 aliphatic carbocycles. The smallest absolute Gasteiger partial charge is 0.409 e. The summed E-state index contributed by atoms with van der Waals surface area (Å²) >= 11 is 0. The summed E-state index contributed by atoms with van der Waals surface area (Å²) in [6.07, 6.45) is 0.289. The number of benzene rings is 1. The number of piperazine rings is 1. The highest BCUT2D eigenvalue weighted by atomic mass is 19.1. The number of rotatable bonds is 3. The lowest BCUT2D eigenvalue weighted by molar-refractivity contribution is 0.0695. The molecule has 1 aromatic carbocycles. The number of carboxylic acid groups (broad SMARTS) is 1. The van der Waals surface area contributed by atoms with Gasteiger partial charge in [-0.05, 0) is 12.1 Å². The van der Waals surface area contributed by atoms with Crippen LogP contribution in [0.4, 0.5) is 23.8 Å². The molecule has 2 aromatic heterocycles. The van der Waals surface area contributed by atoms with Crippen molar-refractivity contribution in [2.45, 2.75) is 0 Å². The zero-order valence-corrected chi connectivity index (χ0v) is 17.2. The molecule has 9 nitrogen and oxygen atoms in total. The van der Waals surface area contributed by atoms with Crippen LogP contribution in [0.1, 0.15) is 10.4 Å². The van der Waals surface area contributed by atoms with Gasteiger partial charge in [0.1, 0.15) is 22.9 Å². The van der Waals surface area contributed by atoms with Crippen LogP contribution < -0.4 is 10.3 Å². The van der Waals surface area contributed by atoms with Gasteiger partial charge < -0.3 is 19.6 Å². The molecular weight excluding hydrogens is 445 g/mol. The van der Waals surface area contributed by atoms with Crippen LogP contribution in [0.25, 0.3) is 16.7 Å². The van der Waals surface area contributed by atoms with Crippen LogP contribution in [0, 0.1) is 17.5 Å². The van der Waals surface area contributed by atoms with E-state index in [1.165, 1.54) is 24.1 Å². The van der Waals surface area contributed by atoms with Crippen molar-refractivity contribution in [3.05, 3.63) is 63.7 Å². The number of amides is 1. The van der Waals surface area contributed by atoms with E-state index in [0.717, 1.165) is 10.8 Å². The Kier molecular flexibility index (Phi) is 5.66. The summed E-state index contributed by atoms with van der Waals surface area (Å²) in [7, 11) is 1.28. The van der Waals surface area contributed by atoms with Crippen molar-refractivity contribution in [1.29, 1.82) is 0 Å². The summed E-state index contributed by atoms with van der Waals surface area (Å²) in [6.45, 7) is 1.39. The van der Waals surface area contributed by atoms with Gasteiger partial charge in [-0.15, -0.1) is 0 Å². The van der Waals surface area contributed by atoms with Gasteiger partial charge in [0.2, 0.25) is 5.43 Å². The van der Waals surface area contributed by atoms with Gasteiger partial charge >= 0.3 is 12.1 Å². The number of anilines is 1. The number of ether oxygens (including phenoxy) is 1. The molecule has 172 valence electrons. The molecule has 0 atom stereocenters. The molecule has 0 bridgehead atoms. The van der Waals surface area contributed by atoms with Gasteiger partial charge in [-0.1, -0.05) is 0 Å². The largest absolute Gasteiger partial charge is 0.477 e. The Morgan fingerprint density at radius 2 is 1.70 bits per heavy atom. The van der Waals surface area contributed by atoms with Crippen molar-refractivity contribution >= 4 is 28.9 Å². The van der Waals surface area contributed by atoms with Gasteiger partial charge in [0.25, 0.3) is 0 Å². The summed E-state index contributed by atoms with van der Waals surface area (Å²) in [5, 5.41) is 9.21. The molecule has 1 fully saturated rings. The number of carbonyl (C=O) groups excluding carboxylic acids is 1. The van der Waals surface area contributed by atoms with E-state index in [-0.39, 0.29) is 11.0 Å². The van der Waals surface area contributed by atoms with Crippen LogP contribution in [0.2, 0.25) is 0 Å². The number of halogens is 3. The first-order chi connectivity index (χ1) is 15.7. The molecule has 1 aliphatic rings. The Labute approximate surface area is 184 Å².